The van der Waals surface area contributed by atoms with Crippen molar-refractivity contribution < 1.29 is 9.59 Å². The van der Waals surface area contributed by atoms with Crippen molar-refractivity contribution in [1.29, 1.82) is 0 Å². The van der Waals surface area contributed by atoms with Crippen molar-refractivity contribution in [2.24, 2.45) is 0 Å². The van der Waals surface area contributed by atoms with E-state index < -0.39 is 0 Å². The van der Waals surface area contributed by atoms with Crippen LogP contribution in [-0.2, 0) is 12.8 Å². The first-order valence-electron chi connectivity index (χ1n) is 12.7. The van der Waals surface area contributed by atoms with Crippen LogP contribution in [0.3, 0.4) is 0 Å². The zero-order valence-electron chi connectivity index (χ0n) is 20.7. The van der Waals surface area contributed by atoms with Gasteiger partial charge in [0.15, 0.2) is 11.6 Å². The Morgan fingerprint density at radius 3 is 1.28 bits per heavy atom. The quantitative estimate of drug-likeness (QED) is 0.240. The number of carbonyl (C=O) groups excluding carboxylic acids is 2. The molecule has 0 atom stereocenters. The number of rotatable bonds is 8. The summed E-state index contributed by atoms with van der Waals surface area (Å²) >= 11 is 0. The van der Waals surface area contributed by atoms with Gasteiger partial charge in [0.1, 0.15) is 0 Å². The van der Waals surface area contributed by atoms with E-state index in [1.807, 2.05) is 48.5 Å². The van der Waals surface area contributed by atoms with Crippen molar-refractivity contribution in [2.75, 3.05) is 10.6 Å². The summed E-state index contributed by atoms with van der Waals surface area (Å²) in [6.07, 6.45) is 4.25. The molecular formula is C32H30N2O2. The summed E-state index contributed by atoms with van der Waals surface area (Å²) in [6.45, 7) is 4.32. The van der Waals surface area contributed by atoms with E-state index in [4.69, 9.17) is 0 Å². The molecule has 5 rings (SSSR count). The van der Waals surface area contributed by atoms with Crippen LogP contribution in [0, 0.1) is 0 Å². The van der Waals surface area contributed by atoms with Crippen molar-refractivity contribution in [3.8, 4) is 0 Å². The Kier molecular flexibility index (Phi) is 6.68. The summed E-state index contributed by atoms with van der Waals surface area (Å²) in [5.74, 6) is -0.292. The normalized spacial score (nSPS) is 12.2. The summed E-state index contributed by atoms with van der Waals surface area (Å²) in [6, 6.07) is 27.3. The van der Waals surface area contributed by atoms with E-state index in [0.717, 1.165) is 37.1 Å². The minimum Gasteiger partial charge on any atom is -0.355 e. The number of nitrogens with one attached hydrogen (secondary N) is 2. The average Bonchev–Trinajstić information content (AvgIpc) is 2.90. The van der Waals surface area contributed by atoms with Gasteiger partial charge in [-0.25, -0.2) is 0 Å². The Morgan fingerprint density at radius 2 is 0.917 bits per heavy atom. The Bertz CT molecular complexity index is 1310. The van der Waals surface area contributed by atoms with Crippen LogP contribution >= 0.6 is 0 Å². The molecule has 0 saturated heterocycles. The molecule has 0 bridgehead atoms. The topological polar surface area (TPSA) is 58.2 Å². The van der Waals surface area contributed by atoms with Crippen molar-refractivity contribution in [3.05, 3.63) is 118 Å². The van der Waals surface area contributed by atoms with Crippen molar-refractivity contribution in [3.63, 3.8) is 0 Å². The summed E-state index contributed by atoms with van der Waals surface area (Å²) < 4.78 is 0. The highest BCUT2D eigenvalue weighted by molar-refractivity contribution is 6.32. The third-order valence-corrected chi connectivity index (χ3v) is 6.62. The lowest BCUT2D eigenvalue weighted by Gasteiger charge is -2.23. The largest absolute Gasteiger partial charge is 0.355 e. The van der Waals surface area contributed by atoms with E-state index in [1.54, 1.807) is 12.1 Å². The molecule has 0 heterocycles. The van der Waals surface area contributed by atoms with Crippen LogP contribution in [0.5, 0.6) is 0 Å². The SMILES string of the molecule is CCCc1ccc(Nc2cccc3c2C(=O)c2cccc(Nc4ccc(CCC)cc4)c2C3=O)cc1. The van der Waals surface area contributed by atoms with Crippen molar-refractivity contribution >= 4 is 34.3 Å². The lowest BCUT2D eigenvalue weighted by atomic mass is 9.82. The maximum Gasteiger partial charge on any atom is 0.196 e. The molecule has 36 heavy (non-hydrogen) atoms. The van der Waals surface area contributed by atoms with Gasteiger partial charge in [-0.05, 0) is 60.4 Å². The molecule has 4 heteroatoms. The fraction of sp³-hybridized carbons (Fsp3) is 0.188. The first-order valence-corrected chi connectivity index (χ1v) is 12.7. The molecule has 1 aliphatic rings. The van der Waals surface area contributed by atoms with Crippen molar-refractivity contribution in [2.45, 2.75) is 39.5 Å². The zero-order valence-corrected chi connectivity index (χ0v) is 20.7. The summed E-state index contributed by atoms with van der Waals surface area (Å²) in [7, 11) is 0. The summed E-state index contributed by atoms with van der Waals surface area (Å²) in [5.41, 5.74) is 7.31. The lowest BCUT2D eigenvalue weighted by molar-refractivity contribution is 0.0980. The van der Waals surface area contributed by atoms with Crippen LogP contribution in [0.2, 0.25) is 0 Å². The van der Waals surface area contributed by atoms with Gasteiger partial charge < -0.3 is 10.6 Å². The fourth-order valence-electron chi connectivity index (χ4n) is 4.85. The molecular weight excluding hydrogens is 444 g/mol. The second-order valence-electron chi connectivity index (χ2n) is 9.26. The van der Waals surface area contributed by atoms with E-state index in [0.29, 0.717) is 33.6 Å². The highest BCUT2D eigenvalue weighted by Gasteiger charge is 2.33. The van der Waals surface area contributed by atoms with Gasteiger partial charge in [0.2, 0.25) is 0 Å². The number of benzene rings is 4. The van der Waals surface area contributed by atoms with Gasteiger partial charge in [-0.15, -0.1) is 0 Å². The highest BCUT2D eigenvalue weighted by Crippen LogP contribution is 2.37. The minimum absolute atomic E-state index is 0.146. The Balaban J connectivity index is 1.47. The van der Waals surface area contributed by atoms with E-state index in [2.05, 4.69) is 48.7 Å². The Morgan fingerprint density at radius 1 is 0.528 bits per heavy atom. The van der Waals surface area contributed by atoms with Crippen LogP contribution in [0.4, 0.5) is 22.7 Å². The van der Waals surface area contributed by atoms with Gasteiger partial charge in [0.25, 0.3) is 0 Å². The maximum atomic E-state index is 13.7. The first kappa shape index (κ1) is 23.6. The predicted molar refractivity (Wildman–Crippen MR) is 147 cm³/mol. The monoisotopic (exact) mass is 474 g/mol. The van der Waals surface area contributed by atoms with Crippen LogP contribution < -0.4 is 10.6 Å². The number of hydrogen-bond acceptors (Lipinski definition) is 4. The predicted octanol–water partition coefficient (Wildman–Crippen LogP) is 7.85. The molecule has 4 nitrogen and oxygen atoms in total. The number of carbonyl (C=O) groups is 2. The molecule has 2 N–H and O–H groups in total. The smallest absolute Gasteiger partial charge is 0.196 e. The molecule has 0 radical (unpaired) electrons. The van der Waals surface area contributed by atoms with Crippen LogP contribution in [-0.4, -0.2) is 11.6 Å². The van der Waals surface area contributed by atoms with E-state index in [-0.39, 0.29) is 11.6 Å². The maximum absolute atomic E-state index is 13.7. The number of ketones is 2. The summed E-state index contributed by atoms with van der Waals surface area (Å²) in [4.78, 5) is 27.4. The second kappa shape index (κ2) is 10.2. The molecule has 0 spiro atoms. The van der Waals surface area contributed by atoms with Crippen LogP contribution in [0.15, 0.2) is 84.9 Å². The Hall–Kier alpha value is -4.18. The van der Waals surface area contributed by atoms with E-state index >= 15 is 0 Å². The zero-order chi connectivity index (χ0) is 25.1. The van der Waals surface area contributed by atoms with E-state index in [1.165, 1.54) is 11.1 Å². The third-order valence-electron chi connectivity index (χ3n) is 6.62. The fourth-order valence-corrected chi connectivity index (χ4v) is 4.85. The van der Waals surface area contributed by atoms with Crippen LogP contribution in [0.25, 0.3) is 0 Å². The third kappa shape index (κ3) is 4.55. The molecule has 0 unspecified atom stereocenters. The Labute approximate surface area is 212 Å². The van der Waals surface area contributed by atoms with Gasteiger partial charge in [-0.1, -0.05) is 75.2 Å². The van der Waals surface area contributed by atoms with E-state index in [9.17, 15) is 9.59 Å². The average molecular weight is 475 g/mol. The van der Waals surface area contributed by atoms with Gasteiger partial charge in [0, 0.05) is 22.5 Å². The molecule has 1 aliphatic carbocycles. The number of aryl methyl sites for hydroxylation is 2. The van der Waals surface area contributed by atoms with Gasteiger partial charge in [0.05, 0.1) is 22.5 Å². The minimum atomic E-state index is -0.146. The highest BCUT2D eigenvalue weighted by atomic mass is 16.1. The lowest BCUT2D eigenvalue weighted by Crippen LogP contribution is -2.23. The standard InChI is InChI=1S/C32H30N2O2/c1-3-7-21-13-17-23(18-14-21)33-27-11-5-9-25-29(27)31(35)26-10-6-12-28(30(26)32(25)36)34-24-19-15-22(8-4-2)16-20-24/h5-6,9-20,33-34H,3-4,7-8H2,1-2H3. The number of hydrogen-bond donors (Lipinski definition) is 2. The first-order chi connectivity index (χ1) is 17.6. The molecule has 4 aromatic rings. The summed E-state index contributed by atoms with van der Waals surface area (Å²) in [5, 5.41) is 6.73. The van der Waals surface area contributed by atoms with Gasteiger partial charge in [-0.2, -0.15) is 0 Å². The molecule has 0 saturated carbocycles. The molecule has 0 aliphatic heterocycles. The molecule has 0 amide bonds. The molecule has 4 aromatic carbocycles. The van der Waals surface area contributed by atoms with Gasteiger partial charge >= 0.3 is 0 Å². The van der Waals surface area contributed by atoms with Crippen LogP contribution in [0.1, 0.15) is 69.7 Å². The number of anilines is 4. The van der Waals surface area contributed by atoms with Crippen molar-refractivity contribution in [1.82, 2.24) is 0 Å². The van der Waals surface area contributed by atoms with Gasteiger partial charge in [-0.3, -0.25) is 9.59 Å². The second-order valence-corrected chi connectivity index (χ2v) is 9.26. The molecule has 0 aromatic heterocycles. The molecule has 180 valence electrons. The molecule has 0 fully saturated rings. The number of fused-ring (bicyclic) bond motifs is 2.